The number of hydrogen-bond donors (Lipinski definition) is 0. The van der Waals surface area contributed by atoms with E-state index in [-0.39, 0.29) is 37.1 Å². The second-order valence-corrected chi connectivity index (χ2v) is 15.9. The number of cyclic esters (lactones) is 1. The van der Waals surface area contributed by atoms with Crippen molar-refractivity contribution in [3.8, 4) is 0 Å². The first-order chi connectivity index (χ1) is 16.4. The van der Waals surface area contributed by atoms with Crippen molar-refractivity contribution >= 4 is 26.0 Å². The number of rotatable bonds is 9. The Labute approximate surface area is 210 Å². The van der Waals surface area contributed by atoms with Gasteiger partial charge in [-0.2, -0.15) is 0 Å². The molecule has 0 amide bonds. The van der Waals surface area contributed by atoms with Gasteiger partial charge in [0, 0.05) is 12.3 Å². The van der Waals surface area contributed by atoms with Gasteiger partial charge in [-0.25, -0.2) is 0 Å². The maximum Gasteiger partial charge on any atom is 0.320 e. The molecule has 1 heterocycles. The predicted molar refractivity (Wildman–Crippen MR) is 134 cm³/mol. The molecular weight excluding hydrogens is 464 g/mol. The van der Waals surface area contributed by atoms with Crippen LogP contribution in [0.15, 0.2) is 30.3 Å². The Morgan fingerprint density at radius 1 is 1.17 bits per heavy atom. The number of ketones is 1. The van der Waals surface area contributed by atoms with Crippen LogP contribution in [0.3, 0.4) is 0 Å². The number of esters is 2. The maximum absolute atomic E-state index is 13.3. The quantitative estimate of drug-likeness (QED) is 0.270. The summed E-state index contributed by atoms with van der Waals surface area (Å²) in [6.07, 6.45) is -0.242. The second kappa shape index (κ2) is 10.9. The normalized spacial score (nSPS) is 27.5. The Bertz CT molecular complexity index is 908. The molecule has 1 aliphatic carbocycles. The zero-order valence-electron chi connectivity index (χ0n) is 21.9. The molecule has 0 N–H and O–H groups in total. The summed E-state index contributed by atoms with van der Waals surface area (Å²) in [5, 5.41) is -0.0287. The molecule has 2 fully saturated rings. The van der Waals surface area contributed by atoms with Gasteiger partial charge in [0.15, 0.2) is 20.2 Å². The van der Waals surface area contributed by atoms with E-state index in [1.54, 1.807) is 6.92 Å². The number of hydrogen-bond acceptors (Lipinski definition) is 7. The summed E-state index contributed by atoms with van der Waals surface area (Å²) in [4.78, 5) is 39.4. The number of carbonyl (C=O) groups excluding carboxylic acids is 3. The molecule has 35 heavy (non-hydrogen) atoms. The largest absolute Gasteiger partial charge is 0.465 e. The van der Waals surface area contributed by atoms with Crippen molar-refractivity contribution in [1.29, 1.82) is 0 Å². The van der Waals surface area contributed by atoms with Crippen LogP contribution in [-0.4, -0.2) is 51.5 Å². The fourth-order valence-corrected chi connectivity index (χ4v) is 5.84. The summed E-state index contributed by atoms with van der Waals surface area (Å²) >= 11 is 0. The lowest BCUT2D eigenvalue weighted by Gasteiger charge is -2.45. The van der Waals surface area contributed by atoms with Crippen LogP contribution in [0.5, 0.6) is 0 Å². The number of carbonyl (C=O) groups is 3. The fraction of sp³-hybridized carbons (Fsp3) is 0.667. The minimum Gasteiger partial charge on any atom is -0.465 e. The number of Topliss-reactive ketones (excluding diaryl/α,β-unsaturated/α-hetero) is 1. The molecule has 1 aromatic carbocycles. The molecule has 1 aliphatic heterocycles. The van der Waals surface area contributed by atoms with Crippen LogP contribution >= 0.6 is 0 Å². The van der Waals surface area contributed by atoms with Crippen LogP contribution in [-0.2, 0) is 39.6 Å². The highest BCUT2D eigenvalue weighted by molar-refractivity contribution is 6.74. The second-order valence-electron chi connectivity index (χ2n) is 11.1. The molecule has 1 saturated heterocycles. The third-order valence-corrected chi connectivity index (χ3v) is 12.4. The van der Waals surface area contributed by atoms with Gasteiger partial charge in [-0.15, -0.1) is 0 Å². The van der Waals surface area contributed by atoms with Crippen molar-refractivity contribution in [1.82, 2.24) is 0 Å². The van der Waals surface area contributed by atoms with Gasteiger partial charge in [0.05, 0.1) is 26.2 Å². The molecule has 7 nitrogen and oxygen atoms in total. The third-order valence-electron chi connectivity index (χ3n) is 7.88. The molecule has 194 valence electrons. The monoisotopic (exact) mass is 504 g/mol. The Kier molecular flexibility index (Phi) is 8.60. The van der Waals surface area contributed by atoms with E-state index in [1.165, 1.54) is 0 Å². The van der Waals surface area contributed by atoms with Crippen molar-refractivity contribution in [3.63, 3.8) is 0 Å². The standard InChI is InChI=1S/C27H40O7Si/c1-7-31-25(30)27(15-11-14-22(27)28)20-16-23(29)34-21(18-33-35(5,6)26(2,3)4)24(20)32-17-19-12-9-8-10-13-19/h8-10,12-13,20-21,24H,7,11,14-18H2,1-6H3/t20-,21+,24+,27+/m1/s1. The molecule has 0 spiro atoms. The van der Waals surface area contributed by atoms with Crippen LogP contribution < -0.4 is 0 Å². The van der Waals surface area contributed by atoms with Crippen molar-refractivity contribution in [2.45, 2.75) is 90.3 Å². The summed E-state index contributed by atoms with van der Waals surface area (Å²) in [6, 6.07) is 9.68. The maximum atomic E-state index is 13.3. The molecule has 0 aromatic heterocycles. The number of ether oxygens (including phenoxy) is 3. The molecule has 1 saturated carbocycles. The fourth-order valence-electron chi connectivity index (χ4n) is 4.83. The van der Waals surface area contributed by atoms with E-state index in [0.717, 1.165) is 5.56 Å². The lowest BCUT2D eigenvalue weighted by molar-refractivity contribution is -0.199. The van der Waals surface area contributed by atoms with Gasteiger partial charge >= 0.3 is 11.9 Å². The Morgan fingerprint density at radius 3 is 2.43 bits per heavy atom. The number of benzene rings is 1. The smallest absolute Gasteiger partial charge is 0.320 e. The van der Waals surface area contributed by atoms with Crippen LogP contribution in [0.1, 0.15) is 58.9 Å². The molecule has 0 unspecified atom stereocenters. The molecule has 8 heteroatoms. The topological polar surface area (TPSA) is 88.1 Å². The molecule has 0 radical (unpaired) electrons. The zero-order chi connectivity index (χ0) is 25.9. The molecule has 4 atom stereocenters. The highest BCUT2D eigenvalue weighted by atomic mass is 28.4. The first kappa shape index (κ1) is 27.6. The van der Waals surface area contributed by atoms with Gasteiger partial charge in [0.25, 0.3) is 0 Å². The molecule has 3 rings (SSSR count). The summed E-state index contributed by atoms with van der Waals surface area (Å²) in [7, 11) is -2.15. The summed E-state index contributed by atoms with van der Waals surface area (Å²) < 4.78 is 24.0. The summed E-state index contributed by atoms with van der Waals surface area (Å²) in [5.74, 6) is -1.84. The first-order valence-corrected chi connectivity index (χ1v) is 15.5. The van der Waals surface area contributed by atoms with Crippen molar-refractivity contribution < 1.29 is 33.0 Å². The van der Waals surface area contributed by atoms with Gasteiger partial charge in [-0.1, -0.05) is 51.1 Å². The predicted octanol–water partition coefficient (Wildman–Crippen LogP) is 4.83. The van der Waals surface area contributed by atoms with E-state index in [9.17, 15) is 14.4 Å². The summed E-state index contributed by atoms with van der Waals surface area (Å²) in [5.41, 5.74) is -0.443. The van der Waals surface area contributed by atoms with Crippen molar-refractivity contribution in [2.75, 3.05) is 13.2 Å². The van der Waals surface area contributed by atoms with Crippen molar-refractivity contribution in [2.24, 2.45) is 11.3 Å². The van der Waals surface area contributed by atoms with Crippen LogP contribution in [0.2, 0.25) is 18.1 Å². The molecule has 0 bridgehead atoms. The SMILES string of the molecule is CCOC(=O)[C@]1([C@@H]2CC(=O)O[C@@H](CO[Si](C)(C)C(C)(C)C)[C@H]2OCc2ccccc2)CCCC1=O. The minimum absolute atomic E-state index is 0.0287. The lowest BCUT2D eigenvalue weighted by atomic mass is 9.67. The zero-order valence-corrected chi connectivity index (χ0v) is 22.9. The van der Waals surface area contributed by atoms with Crippen molar-refractivity contribution in [3.05, 3.63) is 35.9 Å². The summed E-state index contributed by atoms with van der Waals surface area (Å²) in [6.45, 7) is 13.0. The third kappa shape index (κ3) is 5.86. The van der Waals surface area contributed by atoms with E-state index in [2.05, 4.69) is 33.9 Å². The van der Waals surface area contributed by atoms with Crippen LogP contribution in [0.25, 0.3) is 0 Å². The Balaban J connectivity index is 1.96. The average molecular weight is 505 g/mol. The molecule has 2 aliphatic rings. The van der Waals surface area contributed by atoms with E-state index in [0.29, 0.717) is 19.3 Å². The van der Waals surface area contributed by atoms with E-state index in [1.807, 2.05) is 30.3 Å². The van der Waals surface area contributed by atoms with Gasteiger partial charge in [-0.05, 0) is 43.5 Å². The highest BCUT2D eigenvalue weighted by Gasteiger charge is 2.61. The van der Waals surface area contributed by atoms with E-state index >= 15 is 0 Å². The molecular formula is C27H40O7Si. The van der Waals surface area contributed by atoms with Gasteiger partial charge in [-0.3, -0.25) is 14.4 Å². The minimum atomic E-state index is -2.15. The van der Waals surface area contributed by atoms with Crippen LogP contribution in [0.4, 0.5) is 0 Å². The van der Waals surface area contributed by atoms with E-state index in [4.69, 9.17) is 18.6 Å². The lowest BCUT2D eigenvalue weighted by Crippen LogP contribution is -2.58. The Morgan fingerprint density at radius 2 is 1.86 bits per heavy atom. The van der Waals surface area contributed by atoms with Gasteiger partial charge < -0.3 is 18.6 Å². The van der Waals surface area contributed by atoms with Gasteiger partial charge in [0.2, 0.25) is 0 Å². The van der Waals surface area contributed by atoms with E-state index < -0.39 is 43.8 Å². The Hall–Kier alpha value is -2.03. The highest BCUT2D eigenvalue weighted by Crippen LogP contribution is 2.49. The average Bonchev–Trinajstić information content (AvgIpc) is 3.18. The molecule has 1 aromatic rings. The van der Waals surface area contributed by atoms with Crippen LogP contribution in [0, 0.1) is 11.3 Å². The van der Waals surface area contributed by atoms with Gasteiger partial charge in [0.1, 0.15) is 11.5 Å². The first-order valence-electron chi connectivity index (χ1n) is 12.6.